The van der Waals surface area contributed by atoms with Crippen molar-refractivity contribution in [1.82, 2.24) is 4.98 Å². The quantitative estimate of drug-likeness (QED) is 0.558. The summed E-state index contributed by atoms with van der Waals surface area (Å²) < 4.78 is 1.86. The van der Waals surface area contributed by atoms with E-state index in [1.165, 1.54) is 5.56 Å². The molecule has 0 saturated carbocycles. The van der Waals surface area contributed by atoms with E-state index >= 15 is 0 Å². The van der Waals surface area contributed by atoms with Crippen molar-refractivity contribution in [1.29, 1.82) is 0 Å². The van der Waals surface area contributed by atoms with Crippen LogP contribution in [0.3, 0.4) is 0 Å². The summed E-state index contributed by atoms with van der Waals surface area (Å²) in [6, 6.07) is 2.06. The highest BCUT2D eigenvalue weighted by molar-refractivity contribution is 9.13. The number of aryl methyl sites for hydroxylation is 1. The van der Waals surface area contributed by atoms with E-state index in [1.807, 2.05) is 6.92 Å². The van der Waals surface area contributed by atoms with Gasteiger partial charge in [-0.2, -0.15) is 0 Å². The molecule has 0 radical (unpaired) electrons. The van der Waals surface area contributed by atoms with Crippen LogP contribution in [0.4, 0.5) is 0 Å². The minimum Gasteiger partial charge on any atom is -0.245 e. The lowest BCUT2D eigenvalue weighted by Gasteiger charge is -2.02. The molecular weight excluding hydrogens is 338 g/mol. The molecule has 4 heteroatoms. The van der Waals surface area contributed by atoms with Gasteiger partial charge in [0, 0.05) is 11.0 Å². The van der Waals surface area contributed by atoms with Gasteiger partial charge in [-0.3, -0.25) is 0 Å². The Morgan fingerprint density at radius 3 is 2.64 bits per heavy atom. The van der Waals surface area contributed by atoms with Crippen molar-refractivity contribution >= 4 is 47.8 Å². The van der Waals surface area contributed by atoms with E-state index in [2.05, 4.69) is 58.8 Å². The van der Waals surface area contributed by atoms with Crippen molar-refractivity contribution in [2.75, 3.05) is 0 Å². The van der Waals surface area contributed by atoms with Crippen LogP contribution < -0.4 is 0 Å². The van der Waals surface area contributed by atoms with Crippen LogP contribution in [0.1, 0.15) is 11.3 Å². The highest BCUT2D eigenvalue weighted by Crippen LogP contribution is 2.24. The average molecular weight is 344 g/mol. The zero-order chi connectivity index (χ0) is 8.43. The normalized spacial score (nSPS) is 10.2. The maximum absolute atomic E-state index is 4.28. The summed E-state index contributed by atoms with van der Waals surface area (Å²) in [5.41, 5.74) is 2.26. The Hall–Kier alpha value is 0.590. The number of halogens is 3. The Bertz CT molecular complexity index is 273. The number of hydrogen-bond donors (Lipinski definition) is 0. The number of rotatable bonds is 1. The van der Waals surface area contributed by atoms with E-state index in [0.717, 1.165) is 20.1 Å². The molecule has 0 aliphatic rings. The van der Waals surface area contributed by atoms with Crippen molar-refractivity contribution < 1.29 is 0 Å². The smallest absolute Gasteiger partial charge is 0.120 e. The first-order valence-electron chi connectivity index (χ1n) is 3.02. The van der Waals surface area contributed by atoms with E-state index in [9.17, 15) is 0 Å². The van der Waals surface area contributed by atoms with Crippen molar-refractivity contribution in [3.8, 4) is 0 Å². The predicted octanol–water partition coefficient (Wildman–Crippen LogP) is 3.81. The maximum atomic E-state index is 4.28. The topological polar surface area (TPSA) is 12.9 Å². The first-order valence-corrected chi connectivity index (χ1v) is 5.73. The number of alkyl halides is 1. The van der Waals surface area contributed by atoms with Gasteiger partial charge in [0.05, 0.1) is 4.47 Å². The molecule has 11 heavy (non-hydrogen) atoms. The zero-order valence-electron chi connectivity index (χ0n) is 5.87. The van der Waals surface area contributed by atoms with Crippen molar-refractivity contribution in [3.63, 3.8) is 0 Å². The molecule has 0 fully saturated rings. The van der Waals surface area contributed by atoms with Crippen LogP contribution in [0.15, 0.2) is 15.1 Å². The number of nitrogens with zero attached hydrogens (tertiary/aromatic N) is 1. The molecule has 0 amide bonds. The number of hydrogen-bond acceptors (Lipinski definition) is 1. The fourth-order valence-electron chi connectivity index (χ4n) is 0.725. The summed E-state index contributed by atoms with van der Waals surface area (Å²) in [7, 11) is 0. The molecule has 0 aromatic carbocycles. The third kappa shape index (κ3) is 2.26. The van der Waals surface area contributed by atoms with E-state index in [4.69, 9.17) is 0 Å². The Labute approximate surface area is 91.0 Å². The van der Waals surface area contributed by atoms with Crippen LogP contribution in [-0.4, -0.2) is 4.98 Å². The van der Waals surface area contributed by atoms with Gasteiger partial charge in [0.2, 0.25) is 0 Å². The van der Waals surface area contributed by atoms with Gasteiger partial charge in [-0.05, 0) is 50.4 Å². The Morgan fingerprint density at radius 1 is 1.45 bits per heavy atom. The van der Waals surface area contributed by atoms with Gasteiger partial charge in [0.1, 0.15) is 4.60 Å². The van der Waals surface area contributed by atoms with Crippen LogP contribution in [0.5, 0.6) is 0 Å². The van der Waals surface area contributed by atoms with Gasteiger partial charge in [0.25, 0.3) is 0 Å². The second-order valence-electron chi connectivity index (χ2n) is 2.14. The Balaban J connectivity index is 3.21. The van der Waals surface area contributed by atoms with E-state index in [-0.39, 0.29) is 0 Å². The minimum absolute atomic E-state index is 0.845. The summed E-state index contributed by atoms with van der Waals surface area (Å²) >= 11 is 10.1. The molecular formula is C7H6Br3N. The van der Waals surface area contributed by atoms with Gasteiger partial charge >= 0.3 is 0 Å². The highest BCUT2D eigenvalue weighted by atomic mass is 79.9. The molecule has 1 heterocycles. The summed E-state index contributed by atoms with van der Waals surface area (Å²) in [6.45, 7) is 1.99. The molecule has 0 N–H and O–H groups in total. The predicted molar refractivity (Wildman–Crippen MR) is 57.0 cm³/mol. The zero-order valence-corrected chi connectivity index (χ0v) is 10.6. The van der Waals surface area contributed by atoms with Crippen LogP contribution in [-0.2, 0) is 5.33 Å². The molecule has 0 spiro atoms. The fraction of sp³-hybridized carbons (Fsp3) is 0.286. The van der Waals surface area contributed by atoms with Crippen molar-refractivity contribution in [3.05, 3.63) is 26.4 Å². The Morgan fingerprint density at radius 2 is 2.09 bits per heavy atom. The third-order valence-corrected chi connectivity index (χ3v) is 3.72. The first-order chi connectivity index (χ1) is 5.15. The molecule has 0 bridgehead atoms. The molecule has 0 unspecified atom stereocenters. The summed E-state index contributed by atoms with van der Waals surface area (Å²) in [5, 5.41) is 0.845. The van der Waals surface area contributed by atoms with Gasteiger partial charge < -0.3 is 0 Å². The SMILES string of the molecule is Cc1nc(Br)c(Br)cc1CBr. The van der Waals surface area contributed by atoms with E-state index < -0.39 is 0 Å². The molecule has 1 aromatic heterocycles. The minimum atomic E-state index is 0.845. The van der Waals surface area contributed by atoms with E-state index in [1.54, 1.807) is 0 Å². The number of pyridine rings is 1. The summed E-state index contributed by atoms with van der Waals surface area (Å²) in [4.78, 5) is 4.28. The lowest BCUT2D eigenvalue weighted by molar-refractivity contribution is 1.10. The highest BCUT2D eigenvalue weighted by Gasteiger charge is 2.02. The Kier molecular flexibility index (Phi) is 3.52. The van der Waals surface area contributed by atoms with Crippen LogP contribution in [0.25, 0.3) is 0 Å². The molecule has 0 atom stereocenters. The second-order valence-corrected chi connectivity index (χ2v) is 4.31. The molecule has 1 rings (SSSR count). The standard InChI is InChI=1S/C7H6Br3N/c1-4-5(3-8)2-6(9)7(10)11-4/h2H,3H2,1H3. The molecule has 1 aromatic rings. The molecule has 0 saturated heterocycles. The maximum Gasteiger partial charge on any atom is 0.120 e. The summed E-state index contributed by atoms with van der Waals surface area (Å²) in [5.74, 6) is 0. The number of aromatic nitrogens is 1. The average Bonchev–Trinajstić information content (AvgIpc) is 1.97. The molecule has 60 valence electrons. The van der Waals surface area contributed by atoms with Gasteiger partial charge in [-0.15, -0.1) is 0 Å². The van der Waals surface area contributed by atoms with Crippen molar-refractivity contribution in [2.24, 2.45) is 0 Å². The summed E-state index contributed by atoms with van der Waals surface area (Å²) in [6.07, 6.45) is 0. The van der Waals surface area contributed by atoms with Crippen molar-refractivity contribution in [2.45, 2.75) is 12.3 Å². The largest absolute Gasteiger partial charge is 0.245 e. The van der Waals surface area contributed by atoms with E-state index in [0.29, 0.717) is 0 Å². The van der Waals surface area contributed by atoms with Gasteiger partial charge in [-0.25, -0.2) is 4.98 Å². The van der Waals surface area contributed by atoms with Gasteiger partial charge in [0.15, 0.2) is 0 Å². The first kappa shape index (κ1) is 9.68. The monoisotopic (exact) mass is 341 g/mol. The lowest BCUT2D eigenvalue weighted by atomic mass is 10.2. The lowest BCUT2D eigenvalue weighted by Crippen LogP contribution is -1.90. The van der Waals surface area contributed by atoms with Crippen LogP contribution >= 0.6 is 47.8 Å². The third-order valence-electron chi connectivity index (χ3n) is 1.37. The molecule has 0 aliphatic heterocycles. The van der Waals surface area contributed by atoms with Gasteiger partial charge in [-0.1, -0.05) is 15.9 Å². The van der Waals surface area contributed by atoms with Crippen LogP contribution in [0.2, 0.25) is 0 Å². The fourth-order valence-corrected chi connectivity index (χ4v) is 2.04. The second kappa shape index (κ2) is 4.01. The van der Waals surface area contributed by atoms with Crippen LogP contribution in [0, 0.1) is 6.92 Å². The molecule has 0 aliphatic carbocycles. The molecule has 1 nitrogen and oxygen atoms in total.